The number of pyridine rings is 3. The molecule has 27 nitrogen and oxygen atoms in total. The van der Waals surface area contributed by atoms with Gasteiger partial charge in [-0.1, -0.05) is 72.1 Å². The standard InChI is InChI=1S/C74H74Cl3FN24O3/c1-45(64-43-101(33-37-104-64)73-95-67(91-69(98-73)88-50-5-3-2-4-6-50)86-29-26-83-59-20-23-80-62-40-48(76)10-16-54(59)62)46-7-12-51(13-8-46)89-70-92-68(87-30-27-84-60-21-24-81-63-41-49(77)11-17-55(60)63)96-74(99-70)102-34-38-105-65(44-102)56-42-52(14-18-57(56)78)90-71-93-66(94-72(97-71)100-31-35-103-36-32-100)85-28-25-82-58-19-22-79-61-39-47(75)9-15-53(58)61/h2-24,39-42,45,64-65H,25-38,43-44H2,1H3,(H,79,82)(H,80,83)(H,81,84)(H2,85,90,93,94,97)(H2,86,88,91,95,98)(H2,87,89,92,96,99). The lowest BCUT2D eigenvalue weighted by Crippen LogP contribution is -2.45. The van der Waals surface area contributed by atoms with Crippen molar-refractivity contribution in [2.75, 3.05) is 168 Å². The Morgan fingerprint density at radius 2 is 0.838 bits per heavy atom. The quantitative estimate of drug-likeness (QED) is 0.0216. The molecule has 0 bridgehead atoms. The second-order valence-corrected chi connectivity index (χ2v) is 26.4. The van der Waals surface area contributed by atoms with E-state index in [0.717, 1.165) is 66.7 Å². The van der Waals surface area contributed by atoms with Crippen LogP contribution in [0.15, 0.2) is 164 Å². The van der Waals surface area contributed by atoms with Crippen LogP contribution in [-0.4, -0.2) is 171 Å². The van der Waals surface area contributed by atoms with Gasteiger partial charge in [0.2, 0.25) is 53.5 Å². The molecule has 3 aliphatic rings. The molecule has 3 unspecified atom stereocenters. The number of rotatable bonds is 27. The van der Waals surface area contributed by atoms with Gasteiger partial charge in [-0.3, -0.25) is 15.0 Å². The maximum atomic E-state index is 16.3. The summed E-state index contributed by atoms with van der Waals surface area (Å²) in [6.45, 7) is 9.95. The molecule has 9 N–H and O–H groups in total. The van der Waals surface area contributed by atoms with Crippen molar-refractivity contribution in [2.24, 2.45) is 0 Å². The van der Waals surface area contributed by atoms with E-state index in [2.05, 4.69) is 91.7 Å². The van der Waals surface area contributed by atoms with E-state index in [4.69, 9.17) is 93.9 Å². The minimum atomic E-state index is -0.725. The van der Waals surface area contributed by atoms with Crippen LogP contribution in [0.1, 0.15) is 30.1 Å². The lowest BCUT2D eigenvalue weighted by molar-refractivity contribution is 0.0255. The van der Waals surface area contributed by atoms with Gasteiger partial charge in [0.05, 0.1) is 55.6 Å². The molecule has 536 valence electrons. The number of nitrogens with one attached hydrogen (secondary N) is 9. The molecule has 0 spiro atoms. The van der Waals surface area contributed by atoms with Gasteiger partial charge in [-0.25, -0.2) is 4.39 Å². The van der Waals surface area contributed by atoms with E-state index in [-0.39, 0.29) is 31.1 Å². The number of benzene rings is 6. The van der Waals surface area contributed by atoms with Crippen LogP contribution < -0.4 is 62.6 Å². The summed E-state index contributed by atoms with van der Waals surface area (Å²) in [4.78, 5) is 63.5. The van der Waals surface area contributed by atoms with Gasteiger partial charge >= 0.3 is 0 Å². The van der Waals surface area contributed by atoms with Gasteiger partial charge in [0.15, 0.2) is 0 Å². The van der Waals surface area contributed by atoms with Crippen molar-refractivity contribution >= 4 is 155 Å². The minimum Gasteiger partial charge on any atom is -0.383 e. The Hall–Kier alpha value is -11.1. The van der Waals surface area contributed by atoms with E-state index in [1.54, 1.807) is 30.7 Å². The summed E-state index contributed by atoms with van der Waals surface area (Å²) < 4.78 is 34.9. The zero-order valence-corrected chi connectivity index (χ0v) is 59.3. The van der Waals surface area contributed by atoms with Crippen molar-refractivity contribution in [1.29, 1.82) is 0 Å². The summed E-state index contributed by atoms with van der Waals surface area (Å²) in [5, 5.41) is 35.6. The van der Waals surface area contributed by atoms with Crippen LogP contribution in [0.5, 0.6) is 0 Å². The molecule has 3 fully saturated rings. The van der Waals surface area contributed by atoms with Crippen LogP contribution in [-0.2, 0) is 14.2 Å². The molecule has 12 aromatic rings. The van der Waals surface area contributed by atoms with Gasteiger partial charge in [-0.2, -0.15) is 44.9 Å². The fourth-order valence-corrected chi connectivity index (χ4v) is 13.2. The summed E-state index contributed by atoms with van der Waals surface area (Å²) in [5.74, 6) is 2.99. The average Bonchev–Trinajstić information content (AvgIpc) is 0.823. The highest BCUT2D eigenvalue weighted by atomic mass is 35.5. The summed E-state index contributed by atoms with van der Waals surface area (Å²) in [7, 11) is 0. The topological polar surface area (TPSA) is 300 Å². The van der Waals surface area contributed by atoms with Gasteiger partial charge < -0.3 is 76.8 Å². The predicted octanol–water partition coefficient (Wildman–Crippen LogP) is 13.2. The molecule has 0 saturated carbocycles. The third-order valence-corrected chi connectivity index (χ3v) is 18.8. The summed E-state index contributed by atoms with van der Waals surface area (Å²) in [6.07, 6.45) is 4.33. The van der Waals surface area contributed by atoms with Crippen LogP contribution >= 0.6 is 34.8 Å². The molecule has 9 heterocycles. The van der Waals surface area contributed by atoms with E-state index in [0.29, 0.717) is 166 Å². The molecule has 3 saturated heterocycles. The molecule has 3 atom stereocenters. The molecule has 0 amide bonds. The number of aromatic nitrogens is 12. The maximum Gasteiger partial charge on any atom is 0.233 e. The summed E-state index contributed by atoms with van der Waals surface area (Å²) >= 11 is 18.8. The van der Waals surface area contributed by atoms with Crippen molar-refractivity contribution in [3.8, 4) is 0 Å². The molecule has 0 radical (unpaired) electrons. The maximum absolute atomic E-state index is 16.3. The first-order valence-corrected chi connectivity index (χ1v) is 35.8. The molecule has 31 heteroatoms. The van der Waals surface area contributed by atoms with Crippen molar-refractivity contribution in [1.82, 2.24) is 59.8 Å². The Bertz CT molecular complexity index is 5020. The zero-order chi connectivity index (χ0) is 71.4. The molecule has 3 aliphatic heterocycles. The first-order chi connectivity index (χ1) is 51.5. The van der Waals surface area contributed by atoms with Crippen molar-refractivity contribution < 1.29 is 18.6 Å². The minimum absolute atomic E-state index is 0.0327. The Labute approximate surface area is 618 Å². The molecule has 15 rings (SSSR count). The fourth-order valence-electron chi connectivity index (χ4n) is 12.7. The zero-order valence-electron chi connectivity index (χ0n) is 57.1. The Balaban J connectivity index is 0.629. The number of para-hydroxylation sites is 1. The van der Waals surface area contributed by atoms with E-state index < -0.39 is 11.9 Å². The van der Waals surface area contributed by atoms with Gasteiger partial charge in [0.1, 0.15) is 11.9 Å². The number of ether oxygens (including phenoxy) is 3. The molecule has 6 aromatic carbocycles. The van der Waals surface area contributed by atoms with Gasteiger partial charge in [0, 0.05) is 167 Å². The van der Waals surface area contributed by atoms with Crippen LogP contribution in [0, 0.1) is 5.82 Å². The molecular formula is C74H74Cl3FN24O3. The van der Waals surface area contributed by atoms with E-state index in [1.165, 1.54) is 6.07 Å². The number of anilines is 15. The highest BCUT2D eigenvalue weighted by molar-refractivity contribution is 6.32. The predicted molar refractivity (Wildman–Crippen MR) is 414 cm³/mol. The smallest absolute Gasteiger partial charge is 0.233 e. The SMILES string of the molecule is CC(c1ccc(Nc2nc(NCCNc3ccnc4cc(Cl)ccc34)nc(N3CCOC(c4cc(Nc5nc(NCCNc6ccnc7cc(Cl)ccc67)nc(N6CCOCC6)n5)ccc4F)C3)n2)cc1)C1CN(c2nc(NCCNc3ccnc4cc(Cl)ccc34)nc(Nc3ccccc3)n2)CCO1. The molecule has 105 heavy (non-hydrogen) atoms. The number of nitrogens with zero attached hydrogens (tertiary/aromatic N) is 15. The lowest BCUT2D eigenvalue weighted by atomic mass is 9.94. The fraction of sp³-hybridized carbons (Fsp3) is 0.270. The lowest BCUT2D eigenvalue weighted by Gasteiger charge is -2.36. The van der Waals surface area contributed by atoms with Crippen LogP contribution in [0.25, 0.3) is 32.7 Å². The average molecular weight is 1470 g/mol. The van der Waals surface area contributed by atoms with Crippen molar-refractivity contribution in [3.05, 3.63) is 196 Å². The van der Waals surface area contributed by atoms with Crippen LogP contribution in [0.2, 0.25) is 15.1 Å². The normalized spacial score (nSPS) is 15.7. The second kappa shape index (κ2) is 32.7. The Morgan fingerprint density at radius 3 is 1.34 bits per heavy atom. The van der Waals surface area contributed by atoms with Crippen molar-refractivity contribution in [2.45, 2.75) is 25.0 Å². The number of fused-ring (bicyclic) bond motifs is 3. The highest BCUT2D eigenvalue weighted by Gasteiger charge is 2.31. The highest BCUT2D eigenvalue weighted by Crippen LogP contribution is 2.34. The molecule has 6 aromatic heterocycles. The largest absolute Gasteiger partial charge is 0.383 e. The number of halogens is 4. The van der Waals surface area contributed by atoms with Crippen LogP contribution in [0.3, 0.4) is 0 Å². The Kier molecular flexibility index (Phi) is 21.6. The third kappa shape index (κ3) is 17.4. The van der Waals surface area contributed by atoms with E-state index in [1.807, 2.05) is 120 Å². The number of hydrogen-bond donors (Lipinski definition) is 9. The van der Waals surface area contributed by atoms with E-state index in [9.17, 15) is 0 Å². The third-order valence-electron chi connectivity index (χ3n) is 18.1. The first kappa shape index (κ1) is 69.6. The monoisotopic (exact) mass is 1470 g/mol. The summed E-state index contributed by atoms with van der Waals surface area (Å²) in [6, 6.07) is 45.5. The van der Waals surface area contributed by atoms with E-state index >= 15 is 4.39 Å². The second-order valence-electron chi connectivity index (χ2n) is 25.1. The first-order valence-electron chi connectivity index (χ1n) is 34.6. The number of hydrogen-bond acceptors (Lipinski definition) is 27. The number of morpholine rings is 3. The summed E-state index contributed by atoms with van der Waals surface area (Å²) in [5.41, 5.74) is 8.68. The van der Waals surface area contributed by atoms with Gasteiger partial charge in [-0.05, 0) is 121 Å². The van der Waals surface area contributed by atoms with Gasteiger partial charge in [-0.15, -0.1) is 0 Å². The molecular weight excluding hydrogens is 1400 g/mol. The molecule has 0 aliphatic carbocycles. The van der Waals surface area contributed by atoms with Gasteiger partial charge in [0.25, 0.3) is 0 Å². The van der Waals surface area contributed by atoms with Crippen molar-refractivity contribution in [3.63, 3.8) is 0 Å². The Morgan fingerprint density at radius 1 is 0.419 bits per heavy atom. The van der Waals surface area contributed by atoms with Crippen LogP contribution in [0.4, 0.5) is 92.0 Å².